The number of hydrogen-bond donors (Lipinski definition) is 1. The summed E-state index contributed by atoms with van der Waals surface area (Å²) >= 11 is 5.87. The van der Waals surface area contributed by atoms with E-state index in [2.05, 4.69) is 19.2 Å². The van der Waals surface area contributed by atoms with Gasteiger partial charge in [0.1, 0.15) is 17.3 Å². The van der Waals surface area contributed by atoms with Gasteiger partial charge in [0.05, 0.1) is 16.3 Å². The Bertz CT molecular complexity index is 1240. The number of carbonyl (C=O) groups is 2. The minimum Gasteiger partial charge on any atom is -0.350 e. The lowest BCUT2D eigenvalue weighted by Gasteiger charge is -2.16. The Hall–Kier alpha value is -3.51. The molecule has 1 aliphatic heterocycles. The molecular formula is C25H19ClF2N2O2. The number of halogens is 3. The standard InChI is InChI=1S/C25H19ClF2N2O2/c1-14(2)15-5-9-18(10-6-15)29-23-22(16-3-7-17(27)8-4-16)24(31)30(25(23)32)19-11-12-21(28)20(26)13-19/h3-14,29H,1-2H3. The maximum absolute atomic E-state index is 13.6. The predicted molar refractivity (Wildman–Crippen MR) is 121 cm³/mol. The Morgan fingerprint density at radius 1 is 0.875 bits per heavy atom. The van der Waals surface area contributed by atoms with Gasteiger partial charge in [-0.15, -0.1) is 0 Å². The topological polar surface area (TPSA) is 49.4 Å². The van der Waals surface area contributed by atoms with Crippen LogP contribution >= 0.6 is 11.6 Å². The molecule has 4 nitrogen and oxygen atoms in total. The van der Waals surface area contributed by atoms with Gasteiger partial charge in [-0.05, 0) is 59.5 Å². The zero-order valence-electron chi connectivity index (χ0n) is 17.3. The Morgan fingerprint density at radius 3 is 2.12 bits per heavy atom. The summed E-state index contributed by atoms with van der Waals surface area (Å²) in [4.78, 5) is 27.6. The Kier molecular flexibility index (Phi) is 5.80. The molecule has 32 heavy (non-hydrogen) atoms. The summed E-state index contributed by atoms with van der Waals surface area (Å²) < 4.78 is 27.1. The molecule has 7 heteroatoms. The first kappa shape index (κ1) is 21.7. The van der Waals surface area contributed by atoms with Crippen molar-refractivity contribution in [2.75, 3.05) is 10.2 Å². The lowest BCUT2D eigenvalue weighted by Crippen LogP contribution is -2.32. The van der Waals surface area contributed by atoms with Gasteiger partial charge in [0.25, 0.3) is 11.8 Å². The summed E-state index contributed by atoms with van der Waals surface area (Å²) in [5.41, 5.74) is 2.38. The van der Waals surface area contributed by atoms with Crippen molar-refractivity contribution in [1.82, 2.24) is 0 Å². The molecule has 0 bridgehead atoms. The first-order chi connectivity index (χ1) is 15.3. The summed E-state index contributed by atoms with van der Waals surface area (Å²) in [6.45, 7) is 4.14. The second-order valence-electron chi connectivity index (χ2n) is 7.70. The number of hydrogen-bond acceptors (Lipinski definition) is 3. The molecule has 1 N–H and O–H groups in total. The van der Waals surface area contributed by atoms with E-state index in [1.54, 1.807) is 0 Å². The van der Waals surface area contributed by atoms with Gasteiger partial charge in [0, 0.05) is 5.69 Å². The van der Waals surface area contributed by atoms with Crippen molar-refractivity contribution in [2.45, 2.75) is 19.8 Å². The molecule has 3 aromatic carbocycles. The lowest BCUT2D eigenvalue weighted by atomic mass is 10.0. The van der Waals surface area contributed by atoms with E-state index < -0.39 is 23.4 Å². The Balaban J connectivity index is 1.78. The van der Waals surface area contributed by atoms with Gasteiger partial charge >= 0.3 is 0 Å². The number of amides is 2. The molecule has 0 saturated heterocycles. The third kappa shape index (κ3) is 4.01. The van der Waals surface area contributed by atoms with E-state index in [1.165, 1.54) is 36.4 Å². The number of imide groups is 1. The highest BCUT2D eigenvalue weighted by Crippen LogP contribution is 2.35. The molecule has 0 saturated carbocycles. The number of anilines is 2. The fraction of sp³-hybridized carbons (Fsp3) is 0.120. The van der Waals surface area contributed by atoms with Gasteiger partial charge in [0.2, 0.25) is 0 Å². The zero-order chi connectivity index (χ0) is 23.0. The maximum Gasteiger partial charge on any atom is 0.282 e. The molecule has 0 atom stereocenters. The number of benzene rings is 3. The molecular weight excluding hydrogens is 434 g/mol. The van der Waals surface area contributed by atoms with E-state index in [9.17, 15) is 18.4 Å². The molecule has 4 rings (SSSR count). The van der Waals surface area contributed by atoms with E-state index in [0.29, 0.717) is 17.2 Å². The van der Waals surface area contributed by atoms with Gasteiger partial charge < -0.3 is 5.32 Å². The van der Waals surface area contributed by atoms with E-state index in [0.717, 1.165) is 16.5 Å². The van der Waals surface area contributed by atoms with Gasteiger partial charge in [0.15, 0.2) is 0 Å². The second kappa shape index (κ2) is 8.55. The van der Waals surface area contributed by atoms with Crippen LogP contribution in [0.5, 0.6) is 0 Å². The summed E-state index contributed by atoms with van der Waals surface area (Å²) in [6.07, 6.45) is 0. The van der Waals surface area contributed by atoms with Crippen LogP contribution in [0.15, 0.2) is 72.4 Å². The molecule has 0 spiro atoms. The molecule has 1 aliphatic rings. The number of rotatable bonds is 5. The minimum absolute atomic E-state index is 0.0411. The van der Waals surface area contributed by atoms with Gasteiger partial charge in [-0.3, -0.25) is 9.59 Å². The molecule has 0 radical (unpaired) electrons. The maximum atomic E-state index is 13.6. The zero-order valence-corrected chi connectivity index (χ0v) is 18.1. The molecule has 3 aromatic rings. The van der Waals surface area contributed by atoms with Crippen LogP contribution in [-0.2, 0) is 9.59 Å². The van der Waals surface area contributed by atoms with Crippen LogP contribution in [0.2, 0.25) is 5.02 Å². The van der Waals surface area contributed by atoms with E-state index in [-0.39, 0.29) is 22.0 Å². The number of nitrogens with zero attached hydrogens (tertiary/aromatic N) is 1. The van der Waals surface area contributed by atoms with Crippen LogP contribution in [0.25, 0.3) is 5.57 Å². The highest BCUT2D eigenvalue weighted by molar-refractivity contribution is 6.46. The number of nitrogens with one attached hydrogen (secondary N) is 1. The van der Waals surface area contributed by atoms with Crippen LogP contribution < -0.4 is 10.2 Å². The normalized spacial score (nSPS) is 14.0. The molecule has 0 unspecified atom stereocenters. The van der Waals surface area contributed by atoms with E-state index in [1.807, 2.05) is 24.3 Å². The smallest absolute Gasteiger partial charge is 0.282 e. The van der Waals surface area contributed by atoms with Crippen LogP contribution in [0.3, 0.4) is 0 Å². The highest BCUT2D eigenvalue weighted by atomic mass is 35.5. The fourth-order valence-electron chi connectivity index (χ4n) is 3.48. The molecule has 0 aromatic heterocycles. The molecule has 1 heterocycles. The lowest BCUT2D eigenvalue weighted by molar-refractivity contribution is -0.120. The largest absolute Gasteiger partial charge is 0.350 e. The van der Waals surface area contributed by atoms with Gasteiger partial charge in [-0.2, -0.15) is 0 Å². The summed E-state index contributed by atoms with van der Waals surface area (Å²) in [6, 6.07) is 16.4. The molecule has 0 fully saturated rings. The molecule has 2 amide bonds. The fourth-order valence-corrected chi connectivity index (χ4v) is 3.66. The predicted octanol–water partition coefficient (Wildman–Crippen LogP) is 6.14. The van der Waals surface area contributed by atoms with Crippen molar-refractivity contribution in [3.63, 3.8) is 0 Å². The van der Waals surface area contributed by atoms with E-state index in [4.69, 9.17) is 11.6 Å². The van der Waals surface area contributed by atoms with Crippen molar-refractivity contribution in [2.24, 2.45) is 0 Å². The summed E-state index contributed by atoms with van der Waals surface area (Å²) in [5.74, 6) is -2.03. The average Bonchev–Trinajstić information content (AvgIpc) is 3.01. The average molecular weight is 453 g/mol. The van der Waals surface area contributed by atoms with Crippen LogP contribution in [0.1, 0.15) is 30.9 Å². The van der Waals surface area contributed by atoms with Crippen LogP contribution in [0.4, 0.5) is 20.2 Å². The number of carbonyl (C=O) groups excluding carboxylic acids is 2. The third-order valence-electron chi connectivity index (χ3n) is 5.22. The summed E-state index contributed by atoms with van der Waals surface area (Å²) in [7, 11) is 0. The quantitative estimate of drug-likeness (QED) is 0.473. The molecule has 162 valence electrons. The van der Waals surface area contributed by atoms with Gasteiger partial charge in [-0.25, -0.2) is 13.7 Å². The third-order valence-corrected chi connectivity index (χ3v) is 5.51. The van der Waals surface area contributed by atoms with Crippen LogP contribution in [-0.4, -0.2) is 11.8 Å². The second-order valence-corrected chi connectivity index (χ2v) is 8.11. The first-order valence-corrected chi connectivity index (χ1v) is 10.3. The Morgan fingerprint density at radius 2 is 1.53 bits per heavy atom. The summed E-state index contributed by atoms with van der Waals surface area (Å²) in [5, 5.41) is 2.83. The van der Waals surface area contributed by atoms with Crippen molar-refractivity contribution in [3.8, 4) is 0 Å². The van der Waals surface area contributed by atoms with Crippen molar-refractivity contribution in [1.29, 1.82) is 0 Å². The van der Waals surface area contributed by atoms with Crippen molar-refractivity contribution in [3.05, 3.63) is 100 Å². The monoisotopic (exact) mass is 452 g/mol. The van der Waals surface area contributed by atoms with E-state index >= 15 is 0 Å². The Labute approximate surface area is 189 Å². The minimum atomic E-state index is -0.662. The SMILES string of the molecule is CC(C)c1ccc(NC2=C(c3ccc(F)cc3)C(=O)N(c3ccc(F)c(Cl)c3)C2=O)cc1. The van der Waals surface area contributed by atoms with Crippen molar-refractivity contribution < 1.29 is 18.4 Å². The first-order valence-electron chi connectivity index (χ1n) is 9.97. The van der Waals surface area contributed by atoms with Crippen molar-refractivity contribution >= 4 is 40.4 Å². The van der Waals surface area contributed by atoms with Crippen LogP contribution in [0, 0.1) is 11.6 Å². The van der Waals surface area contributed by atoms with Gasteiger partial charge in [-0.1, -0.05) is 49.7 Å². The molecule has 0 aliphatic carbocycles. The highest BCUT2D eigenvalue weighted by Gasteiger charge is 2.40.